The van der Waals surface area contributed by atoms with Crippen LogP contribution in [0.3, 0.4) is 0 Å². The van der Waals surface area contributed by atoms with Crippen LogP contribution in [0, 0.1) is 5.41 Å². The maximum atomic E-state index is 12.4. The summed E-state index contributed by atoms with van der Waals surface area (Å²) in [4.78, 5) is 12.4. The highest BCUT2D eigenvalue weighted by Crippen LogP contribution is 2.35. The van der Waals surface area contributed by atoms with E-state index >= 15 is 0 Å². The Morgan fingerprint density at radius 2 is 2.25 bits per heavy atom. The van der Waals surface area contributed by atoms with E-state index in [2.05, 4.69) is 24.5 Å². The molecule has 108 valence electrons. The molecule has 1 aromatic carbocycles. The first-order chi connectivity index (χ1) is 9.53. The zero-order valence-corrected chi connectivity index (χ0v) is 12.5. The summed E-state index contributed by atoms with van der Waals surface area (Å²) in [6.45, 7) is 5.58. The summed E-state index contributed by atoms with van der Waals surface area (Å²) in [7, 11) is 0. The molecule has 0 radical (unpaired) electrons. The van der Waals surface area contributed by atoms with Crippen molar-refractivity contribution in [3.8, 4) is 0 Å². The highest BCUT2D eigenvalue weighted by atomic mass is 16.1. The van der Waals surface area contributed by atoms with Crippen LogP contribution >= 0.6 is 0 Å². The number of carbonyl (C=O) groups is 1. The molecular weight excluding hydrogens is 248 g/mol. The fraction of sp³-hybridized carbons (Fsp3) is 0.588. The third-order valence-electron chi connectivity index (χ3n) is 4.62. The molecular formula is C17H24N2O. The first-order valence-corrected chi connectivity index (χ1v) is 7.71. The number of nitrogens with one attached hydrogen (secondary N) is 2. The van der Waals surface area contributed by atoms with Crippen molar-refractivity contribution in [3.05, 3.63) is 29.3 Å². The van der Waals surface area contributed by atoms with E-state index in [-0.39, 0.29) is 5.91 Å². The molecule has 1 heterocycles. The Labute approximate surface area is 121 Å². The maximum Gasteiger partial charge on any atom is 0.251 e. The Balaban J connectivity index is 1.67. The van der Waals surface area contributed by atoms with E-state index in [1.54, 1.807) is 0 Å². The summed E-state index contributed by atoms with van der Waals surface area (Å²) >= 11 is 0. The van der Waals surface area contributed by atoms with Crippen molar-refractivity contribution in [1.82, 2.24) is 5.32 Å². The molecule has 1 saturated carbocycles. The van der Waals surface area contributed by atoms with E-state index in [0.29, 0.717) is 11.5 Å². The van der Waals surface area contributed by atoms with Crippen molar-refractivity contribution in [3.63, 3.8) is 0 Å². The topological polar surface area (TPSA) is 41.1 Å². The quantitative estimate of drug-likeness (QED) is 0.867. The summed E-state index contributed by atoms with van der Waals surface area (Å²) in [5, 5.41) is 6.55. The van der Waals surface area contributed by atoms with Gasteiger partial charge in [-0.1, -0.05) is 20.3 Å². The van der Waals surface area contributed by atoms with E-state index < -0.39 is 0 Å². The van der Waals surface area contributed by atoms with E-state index in [1.165, 1.54) is 24.1 Å². The average molecular weight is 272 g/mol. The predicted molar refractivity (Wildman–Crippen MR) is 82.1 cm³/mol. The molecule has 0 saturated heterocycles. The van der Waals surface area contributed by atoms with Crippen LogP contribution in [0.1, 0.15) is 55.5 Å². The summed E-state index contributed by atoms with van der Waals surface area (Å²) in [6, 6.07) is 6.33. The lowest BCUT2D eigenvalue weighted by molar-refractivity contribution is 0.0902. The number of benzene rings is 1. The van der Waals surface area contributed by atoms with Crippen molar-refractivity contribution in [2.75, 3.05) is 11.9 Å². The largest absolute Gasteiger partial charge is 0.384 e. The third kappa shape index (κ3) is 2.82. The van der Waals surface area contributed by atoms with Gasteiger partial charge in [-0.2, -0.15) is 0 Å². The van der Waals surface area contributed by atoms with Gasteiger partial charge in [-0.05, 0) is 54.9 Å². The average Bonchev–Trinajstić information content (AvgIpc) is 2.84. The molecule has 0 aromatic heterocycles. The molecule has 3 rings (SSSR count). The zero-order chi connectivity index (χ0) is 14.2. The van der Waals surface area contributed by atoms with Crippen LogP contribution in [0.15, 0.2) is 18.2 Å². The molecule has 1 amide bonds. The minimum Gasteiger partial charge on any atom is -0.384 e. The molecule has 20 heavy (non-hydrogen) atoms. The Morgan fingerprint density at radius 1 is 1.40 bits per heavy atom. The third-order valence-corrected chi connectivity index (χ3v) is 4.62. The van der Waals surface area contributed by atoms with Crippen LogP contribution in [-0.2, 0) is 6.42 Å². The standard InChI is InChI=1S/C17H24N2O/c1-17(2)8-3-4-14(11-17)19-16(20)13-5-6-15-12(10-13)7-9-18-15/h5-6,10,14,18H,3-4,7-9,11H2,1-2H3,(H,19,20). The first-order valence-electron chi connectivity index (χ1n) is 7.71. The molecule has 3 nitrogen and oxygen atoms in total. The van der Waals surface area contributed by atoms with Gasteiger partial charge in [0, 0.05) is 23.8 Å². The second-order valence-electron chi connectivity index (χ2n) is 6.98. The summed E-state index contributed by atoms with van der Waals surface area (Å²) < 4.78 is 0. The van der Waals surface area contributed by atoms with Gasteiger partial charge in [-0.15, -0.1) is 0 Å². The minimum atomic E-state index is 0.0856. The molecule has 1 aromatic rings. The molecule has 3 heteroatoms. The SMILES string of the molecule is CC1(C)CCCC(NC(=O)c2ccc3c(c2)CCN3)C1. The Bertz CT molecular complexity index is 522. The summed E-state index contributed by atoms with van der Waals surface area (Å²) in [5.74, 6) is 0.0856. The molecule has 0 spiro atoms. The Hall–Kier alpha value is -1.51. The smallest absolute Gasteiger partial charge is 0.251 e. The maximum absolute atomic E-state index is 12.4. The van der Waals surface area contributed by atoms with Crippen molar-refractivity contribution in [2.24, 2.45) is 5.41 Å². The molecule has 1 atom stereocenters. The van der Waals surface area contributed by atoms with E-state index in [1.807, 2.05) is 18.2 Å². The lowest BCUT2D eigenvalue weighted by atomic mass is 9.75. The van der Waals surface area contributed by atoms with Crippen molar-refractivity contribution < 1.29 is 4.79 Å². The van der Waals surface area contributed by atoms with Gasteiger partial charge < -0.3 is 10.6 Å². The fourth-order valence-corrected chi connectivity index (χ4v) is 3.54. The van der Waals surface area contributed by atoms with Crippen LogP contribution in [0.5, 0.6) is 0 Å². The number of hydrogen-bond acceptors (Lipinski definition) is 2. The number of fused-ring (bicyclic) bond motifs is 1. The number of amides is 1. The molecule has 1 aliphatic heterocycles. The van der Waals surface area contributed by atoms with E-state index in [4.69, 9.17) is 0 Å². The van der Waals surface area contributed by atoms with Gasteiger partial charge >= 0.3 is 0 Å². The van der Waals surface area contributed by atoms with Crippen molar-refractivity contribution >= 4 is 11.6 Å². The Morgan fingerprint density at radius 3 is 3.05 bits per heavy atom. The second-order valence-corrected chi connectivity index (χ2v) is 6.98. The number of carbonyl (C=O) groups excluding carboxylic acids is 1. The Kier molecular flexibility index (Phi) is 3.45. The van der Waals surface area contributed by atoms with Crippen LogP contribution < -0.4 is 10.6 Å². The van der Waals surface area contributed by atoms with Crippen LogP contribution in [0.2, 0.25) is 0 Å². The first kappa shape index (κ1) is 13.5. The predicted octanol–water partition coefficient (Wildman–Crippen LogP) is 3.35. The zero-order valence-electron chi connectivity index (χ0n) is 12.5. The minimum absolute atomic E-state index is 0.0856. The molecule has 0 bridgehead atoms. The molecule has 2 aliphatic rings. The summed E-state index contributed by atoms with van der Waals surface area (Å²) in [5.41, 5.74) is 3.61. The van der Waals surface area contributed by atoms with E-state index in [9.17, 15) is 4.79 Å². The lowest BCUT2D eigenvalue weighted by Gasteiger charge is -2.35. The fourth-order valence-electron chi connectivity index (χ4n) is 3.54. The normalized spacial score (nSPS) is 23.8. The number of rotatable bonds is 2. The number of hydrogen-bond donors (Lipinski definition) is 2. The summed E-state index contributed by atoms with van der Waals surface area (Å²) in [6.07, 6.45) is 5.70. The van der Waals surface area contributed by atoms with Gasteiger partial charge in [-0.3, -0.25) is 4.79 Å². The van der Waals surface area contributed by atoms with Gasteiger partial charge in [0.15, 0.2) is 0 Å². The van der Waals surface area contributed by atoms with Crippen LogP contribution in [-0.4, -0.2) is 18.5 Å². The monoisotopic (exact) mass is 272 g/mol. The van der Waals surface area contributed by atoms with Gasteiger partial charge in [0.25, 0.3) is 5.91 Å². The van der Waals surface area contributed by atoms with Crippen LogP contribution in [0.4, 0.5) is 5.69 Å². The lowest BCUT2D eigenvalue weighted by Crippen LogP contribution is -2.40. The molecule has 2 N–H and O–H groups in total. The van der Waals surface area contributed by atoms with Crippen molar-refractivity contribution in [1.29, 1.82) is 0 Å². The highest BCUT2D eigenvalue weighted by Gasteiger charge is 2.29. The number of anilines is 1. The van der Waals surface area contributed by atoms with E-state index in [0.717, 1.165) is 31.4 Å². The van der Waals surface area contributed by atoms with Gasteiger partial charge in [0.2, 0.25) is 0 Å². The van der Waals surface area contributed by atoms with Gasteiger partial charge in [0.05, 0.1) is 0 Å². The molecule has 1 fully saturated rings. The van der Waals surface area contributed by atoms with Gasteiger partial charge in [0.1, 0.15) is 0 Å². The molecule has 1 aliphatic carbocycles. The van der Waals surface area contributed by atoms with Crippen molar-refractivity contribution in [2.45, 2.75) is 52.0 Å². The van der Waals surface area contributed by atoms with Crippen LogP contribution in [0.25, 0.3) is 0 Å². The van der Waals surface area contributed by atoms with Gasteiger partial charge in [-0.25, -0.2) is 0 Å². The second kappa shape index (κ2) is 5.12. The highest BCUT2D eigenvalue weighted by molar-refractivity contribution is 5.95. The molecule has 1 unspecified atom stereocenters.